The van der Waals surface area contributed by atoms with Gasteiger partial charge in [0.25, 0.3) is 0 Å². The van der Waals surface area contributed by atoms with Crippen LogP contribution in [0.5, 0.6) is 5.75 Å². The molecule has 0 saturated heterocycles. The molecule has 1 heterocycles. The van der Waals surface area contributed by atoms with Crippen molar-refractivity contribution in [1.82, 2.24) is 0 Å². The molecule has 0 amide bonds. The summed E-state index contributed by atoms with van der Waals surface area (Å²) in [5, 5.41) is 1.65. The van der Waals surface area contributed by atoms with Crippen LogP contribution < -0.4 is 4.74 Å². The van der Waals surface area contributed by atoms with Gasteiger partial charge < -0.3 is 4.74 Å². The van der Waals surface area contributed by atoms with Crippen molar-refractivity contribution in [2.45, 2.75) is 11.8 Å². The van der Waals surface area contributed by atoms with E-state index in [0.29, 0.717) is 0 Å². The average molecular weight is 248 g/mol. The molecule has 0 unspecified atom stereocenters. The number of rotatable bonds is 1. The minimum atomic E-state index is 0.763. The van der Waals surface area contributed by atoms with Crippen molar-refractivity contribution < 1.29 is 4.74 Å². The average Bonchev–Trinajstić information content (AvgIpc) is 2.54. The van der Waals surface area contributed by atoms with Gasteiger partial charge in [-0.2, -0.15) is 0 Å². The Bertz CT molecular complexity index is 312. The van der Waals surface area contributed by atoms with Gasteiger partial charge in [-0.05, 0) is 6.07 Å². The molecule has 0 bridgehead atoms. The topological polar surface area (TPSA) is 9.23 Å². The number of alkyl halides is 1. The standard InChI is InChI=1S/C9H8BrClO/c10-5-6-1-2-8(11)7-3-4-12-9(6)7/h1-2H,3-5H2. The Morgan fingerprint density at radius 2 is 2.33 bits per heavy atom. The maximum Gasteiger partial charge on any atom is 0.128 e. The van der Waals surface area contributed by atoms with E-state index in [4.69, 9.17) is 16.3 Å². The zero-order valence-corrected chi connectivity index (χ0v) is 8.78. The van der Waals surface area contributed by atoms with Gasteiger partial charge in [-0.1, -0.05) is 33.6 Å². The van der Waals surface area contributed by atoms with Crippen LogP contribution in [0.1, 0.15) is 11.1 Å². The maximum atomic E-state index is 6.00. The van der Waals surface area contributed by atoms with Gasteiger partial charge in [-0.25, -0.2) is 0 Å². The van der Waals surface area contributed by atoms with Crippen molar-refractivity contribution >= 4 is 27.5 Å². The first-order chi connectivity index (χ1) is 5.83. The van der Waals surface area contributed by atoms with Crippen LogP contribution in [0.25, 0.3) is 0 Å². The molecule has 0 N–H and O–H groups in total. The molecular weight excluding hydrogens is 239 g/mol. The quantitative estimate of drug-likeness (QED) is 0.693. The molecule has 1 aliphatic heterocycles. The highest BCUT2D eigenvalue weighted by Crippen LogP contribution is 2.35. The molecule has 0 saturated carbocycles. The zero-order valence-electron chi connectivity index (χ0n) is 6.44. The summed E-state index contributed by atoms with van der Waals surface area (Å²) in [6.45, 7) is 0.763. The maximum absolute atomic E-state index is 6.00. The third-order valence-corrected chi connectivity index (χ3v) is 2.99. The van der Waals surface area contributed by atoms with Crippen LogP contribution in [0, 0.1) is 0 Å². The summed E-state index contributed by atoms with van der Waals surface area (Å²) in [6.07, 6.45) is 0.939. The van der Waals surface area contributed by atoms with E-state index >= 15 is 0 Å². The Labute approximate surface area is 84.8 Å². The second-order valence-corrected chi connectivity index (χ2v) is 3.71. The fourth-order valence-electron chi connectivity index (χ4n) is 1.43. The van der Waals surface area contributed by atoms with E-state index in [1.165, 1.54) is 5.56 Å². The van der Waals surface area contributed by atoms with Gasteiger partial charge in [0.1, 0.15) is 5.75 Å². The summed E-state index contributed by atoms with van der Waals surface area (Å²) >= 11 is 9.42. The van der Waals surface area contributed by atoms with E-state index in [9.17, 15) is 0 Å². The number of fused-ring (bicyclic) bond motifs is 1. The molecular formula is C9H8BrClO. The van der Waals surface area contributed by atoms with Gasteiger partial charge in [0.2, 0.25) is 0 Å². The normalized spacial score (nSPS) is 14.2. The molecule has 0 aromatic heterocycles. The summed E-state index contributed by atoms with van der Waals surface area (Å²) in [7, 11) is 0. The summed E-state index contributed by atoms with van der Waals surface area (Å²) in [5.41, 5.74) is 2.35. The lowest BCUT2D eigenvalue weighted by Crippen LogP contribution is -1.89. The molecule has 1 aromatic rings. The van der Waals surface area contributed by atoms with Gasteiger partial charge >= 0.3 is 0 Å². The SMILES string of the molecule is Clc1ccc(CBr)c2c1CCO2. The van der Waals surface area contributed by atoms with Crippen LogP contribution in [-0.4, -0.2) is 6.61 Å². The van der Waals surface area contributed by atoms with E-state index in [0.717, 1.165) is 34.7 Å². The Morgan fingerprint density at radius 3 is 3.08 bits per heavy atom. The third-order valence-electron chi connectivity index (χ3n) is 2.03. The molecule has 0 fully saturated rings. The molecule has 0 atom stereocenters. The lowest BCUT2D eigenvalue weighted by atomic mass is 10.1. The molecule has 1 nitrogen and oxygen atoms in total. The van der Waals surface area contributed by atoms with Crippen molar-refractivity contribution in [2.24, 2.45) is 0 Å². The molecule has 0 radical (unpaired) electrons. The van der Waals surface area contributed by atoms with E-state index in [1.54, 1.807) is 0 Å². The molecule has 1 aromatic carbocycles. The molecule has 0 spiro atoms. The van der Waals surface area contributed by atoms with Crippen LogP contribution in [0.2, 0.25) is 5.02 Å². The summed E-state index contributed by atoms with van der Waals surface area (Å²) in [5.74, 6) is 0.986. The zero-order chi connectivity index (χ0) is 8.55. The lowest BCUT2D eigenvalue weighted by molar-refractivity contribution is 0.354. The summed E-state index contributed by atoms with van der Waals surface area (Å²) < 4.78 is 5.49. The highest BCUT2D eigenvalue weighted by molar-refractivity contribution is 9.08. The molecule has 0 aliphatic carbocycles. The number of ether oxygens (including phenoxy) is 1. The second-order valence-electron chi connectivity index (χ2n) is 2.75. The number of benzene rings is 1. The van der Waals surface area contributed by atoms with Crippen LogP contribution in [0.15, 0.2) is 12.1 Å². The van der Waals surface area contributed by atoms with Gasteiger partial charge in [0, 0.05) is 27.9 Å². The van der Waals surface area contributed by atoms with Gasteiger partial charge in [-0.3, -0.25) is 0 Å². The summed E-state index contributed by atoms with van der Waals surface area (Å²) in [6, 6.07) is 3.94. The Hall–Kier alpha value is -0.210. The van der Waals surface area contributed by atoms with Crippen molar-refractivity contribution in [2.75, 3.05) is 6.61 Å². The predicted octanol–water partition coefficient (Wildman–Crippen LogP) is 3.17. The molecule has 12 heavy (non-hydrogen) atoms. The molecule has 1 aliphatic rings. The monoisotopic (exact) mass is 246 g/mol. The van der Waals surface area contributed by atoms with Crippen molar-refractivity contribution in [3.05, 3.63) is 28.3 Å². The minimum absolute atomic E-state index is 0.763. The number of hydrogen-bond acceptors (Lipinski definition) is 1. The summed E-state index contributed by atoms with van der Waals surface area (Å²) in [4.78, 5) is 0. The number of hydrogen-bond donors (Lipinski definition) is 0. The Balaban J connectivity index is 2.57. The third kappa shape index (κ3) is 1.23. The highest BCUT2D eigenvalue weighted by Gasteiger charge is 2.18. The van der Waals surface area contributed by atoms with Crippen molar-refractivity contribution in [1.29, 1.82) is 0 Å². The van der Waals surface area contributed by atoms with E-state index < -0.39 is 0 Å². The van der Waals surface area contributed by atoms with Crippen LogP contribution in [0.3, 0.4) is 0 Å². The van der Waals surface area contributed by atoms with Gasteiger partial charge in [-0.15, -0.1) is 0 Å². The first-order valence-electron chi connectivity index (χ1n) is 3.82. The second kappa shape index (κ2) is 3.27. The van der Waals surface area contributed by atoms with Crippen LogP contribution in [0.4, 0.5) is 0 Å². The lowest BCUT2D eigenvalue weighted by Gasteiger charge is -2.05. The van der Waals surface area contributed by atoms with E-state index in [1.807, 2.05) is 12.1 Å². The van der Waals surface area contributed by atoms with E-state index in [2.05, 4.69) is 15.9 Å². The molecule has 64 valence electrons. The van der Waals surface area contributed by atoms with Crippen molar-refractivity contribution in [3.8, 4) is 5.75 Å². The van der Waals surface area contributed by atoms with Crippen LogP contribution in [-0.2, 0) is 11.8 Å². The first kappa shape index (κ1) is 8.39. The Kier molecular flexibility index (Phi) is 2.28. The number of halogens is 2. The van der Waals surface area contributed by atoms with E-state index in [-0.39, 0.29) is 0 Å². The fraction of sp³-hybridized carbons (Fsp3) is 0.333. The van der Waals surface area contributed by atoms with Crippen LogP contribution >= 0.6 is 27.5 Å². The van der Waals surface area contributed by atoms with Crippen molar-refractivity contribution in [3.63, 3.8) is 0 Å². The highest BCUT2D eigenvalue weighted by atomic mass is 79.9. The molecule has 2 rings (SSSR count). The van der Waals surface area contributed by atoms with Gasteiger partial charge in [0.15, 0.2) is 0 Å². The Morgan fingerprint density at radius 1 is 1.50 bits per heavy atom. The smallest absolute Gasteiger partial charge is 0.128 e. The fourth-order valence-corrected chi connectivity index (χ4v) is 2.11. The first-order valence-corrected chi connectivity index (χ1v) is 5.32. The van der Waals surface area contributed by atoms with Gasteiger partial charge in [0.05, 0.1) is 6.61 Å². The minimum Gasteiger partial charge on any atom is -0.493 e. The largest absolute Gasteiger partial charge is 0.493 e. The predicted molar refractivity (Wildman–Crippen MR) is 53.3 cm³/mol. The molecule has 3 heteroatoms.